The predicted octanol–water partition coefficient (Wildman–Crippen LogP) is 0.662. The van der Waals surface area contributed by atoms with Crippen LogP contribution >= 0.6 is 0 Å². The van der Waals surface area contributed by atoms with Gasteiger partial charge in [0.25, 0.3) is 5.91 Å². The summed E-state index contributed by atoms with van der Waals surface area (Å²) in [5.41, 5.74) is 0.907. The van der Waals surface area contributed by atoms with Gasteiger partial charge in [0.15, 0.2) is 0 Å². The van der Waals surface area contributed by atoms with Crippen LogP contribution in [0.1, 0.15) is 36.8 Å². The fourth-order valence-electron chi connectivity index (χ4n) is 2.73. The third-order valence-electron chi connectivity index (χ3n) is 4.63. The number of amides is 3. The normalized spacial score (nSPS) is 13.5. The van der Waals surface area contributed by atoms with Crippen LogP contribution in [0.25, 0.3) is 0 Å². The number of carbonyl (C=O) groups excluding carboxylic acids is 4. The van der Waals surface area contributed by atoms with Crippen LogP contribution in [0.15, 0.2) is 48.9 Å². The molecule has 31 heavy (non-hydrogen) atoms. The highest BCUT2D eigenvalue weighted by molar-refractivity contribution is 5.97. The summed E-state index contributed by atoms with van der Waals surface area (Å²) >= 11 is 0. The lowest BCUT2D eigenvalue weighted by atomic mass is 10.0. The van der Waals surface area contributed by atoms with E-state index in [1.54, 1.807) is 13.8 Å². The van der Waals surface area contributed by atoms with Crippen molar-refractivity contribution in [3.8, 4) is 0 Å². The molecule has 3 unspecified atom stereocenters. The molecule has 0 aliphatic carbocycles. The highest BCUT2D eigenvalue weighted by Crippen LogP contribution is 2.06. The lowest BCUT2D eigenvalue weighted by Crippen LogP contribution is -2.55. The van der Waals surface area contributed by atoms with E-state index in [1.807, 2.05) is 30.3 Å². The molecular formula is C22H27N5O4. The molecule has 0 spiro atoms. The Morgan fingerprint density at radius 1 is 0.968 bits per heavy atom. The second kappa shape index (κ2) is 11.5. The Hall–Kier alpha value is -3.62. The van der Waals surface area contributed by atoms with Gasteiger partial charge in [-0.05, 0) is 18.4 Å². The minimum absolute atomic E-state index is 0.0740. The molecular weight excluding hydrogens is 398 g/mol. The van der Waals surface area contributed by atoms with E-state index >= 15 is 0 Å². The molecule has 1 aromatic heterocycles. The van der Waals surface area contributed by atoms with Gasteiger partial charge in [0.05, 0.1) is 12.2 Å². The van der Waals surface area contributed by atoms with Crippen molar-refractivity contribution in [3.05, 3.63) is 60.2 Å². The van der Waals surface area contributed by atoms with Gasteiger partial charge in [-0.25, -0.2) is 4.98 Å². The predicted molar refractivity (Wildman–Crippen MR) is 114 cm³/mol. The highest BCUT2D eigenvalue weighted by atomic mass is 16.2. The number of rotatable bonds is 10. The summed E-state index contributed by atoms with van der Waals surface area (Å²) in [6.07, 6.45) is 5.00. The van der Waals surface area contributed by atoms with E-state index in [-0.39, 0.29) is 18.0 Å². The Labute approximate surface area is 181 Å². The van der Waals surface area contributed by atoms with E-state index in [1.165, 1.54) is 25.5 Å². The van der Waals surface area contributed by atoms with Crippen molar-refractivity contribution in [1.82, 2.24) is 25.9 Å². The molecule has 0 saturated carbocycles. The first-order valence-corrected chi connectivity index (χ1v) is 9.98. The maximum absolute atomic E-state index is 12.9. The van der Waals surface area contributed by atoms with Crippen molar-refractivity contribution in [1.29, 1.82) is 0 Å². The molecule has 2 rings (SSSR count). The van der Waals surface area contributed by atoms with Crippen molar-refractivity contribution >= 4 is 24.0 Å². The monoisotopic (exact) mass is 425 g/mol. The molecule has 3 atom stereocenters. The van der Waals surface area contributed by atoms with Gasteiger partial charge in [0, 0.05) is 18.8 Å². The van der Waals surface area contributed by atoms with Crippen molar-refractivity contribution in [3.63, 3.8) is 0 Å². The number of hydrogen-bond acceptors (Lipinski definition) is 6. The van der Waals surface area contributed by atoms with Gasteiger partial charge < -0.3 is 20.7 Å². The Bertz CT molecular complexity index is 889. The zero-order valence-corrected chi connectivity index (χ0v) is 17.7. The van der Waals surface area contributed by atoms with Crippen molar-refractivity contribution in [2.75, 3.05) is 0 Å². The fraction of sp³-hybridized carbons (Fsp3) is 0.364. The van der Waals surface area contributed by atoms with Crippen molar-refractivity contribution < 1.29 is 19.2 Å². The van der Waals surface area contributed by atoms with Gasteiger partial charge in [0.2, 0.25) is 11.8 Å². The summed E-state index contributed by atoms with van der Waals surface area (Å²) in [5, 5.41) is 7.86. The standard InChI is InChI=1S/C22H27N5O4/c1-14(2)19(13-28)27-20(29)15(3)25-21(30)17(11-16-7-5-4-6-8-16)26-22(31)18-12-23-9-10-24-18/h4-10,12-15,17,19H,11H2,1-3H3,(H,25,30)(H,26,31)(H,27,29). The van der Waals surface area contributed by atoms with Crippen molar-refractivity contribution in [2.45, 2.75) is 45.3 Å². The third-order valence-corrected chi connectivity index (χ3v) is 4.63. The van der Waals surface area contributed by atoms with Crippen LogP contribution < -0.4 is 16.0 Å². The maximum Gasteiger partial charge on any atom is 0.272 e. The molecule has 9 heteroatoms. The molecule has 0 aliphatic rings. The van der Waals surface area contributed by atoms with Gasteiger partial charge in [-0.2, -0.15) is 0 Å². The summed E-state index contributed by atoms with van der Waals surface area (Å²) in [6, 6.07) is 6.68. The van der Waals surface area contributed by atoms with Gasteiger partial charge in [-0.15, -0.1) is 0 Å². The van der Waals surface area contributed by atoms with E-state index < -0.39 is 35.8 Å². The summed E-state index contributed by atoms with van der Waals surface area (Å²) in [7, 11) is 0. The van der Waals surface area contributed by atoms with Crippen LogP contribution in [0.2, 0.25) is 0 Å². The van der Waals surface area contributed by atoms with Crippen molar-refractivity contribution in [2.24, 2.45) is 5.92 Å². The molecule has 3 amide bonds. The number of nitrogens with zero attached hydrogens (tertiary/aromatic N) is 2. The smallest absolute Gasteiger partial charge is 0.272 e. The summed E-state index contributed by atoms with van der Waals surface area (Å²) in [6.45, 7) is 5.13. The average Bonchev–Trinajstić information content (AvgIpc) is 2.77. The molecule has 2 aromatic rings. The van der Waals surface area contributed by atoms with E-state index in [9.17, 15) is 19.2 Å². The first-order valence-electron chi connectivity index (χ1n) is 9.98. The number of hydrogen-bond donors (Lipinski definition) is 3. The molecule has 1 aromatic carbocycles. The zero-order chi connectivity index (χ0) is 22.8. The molecule has 9 nitrogen and oxygen atoms in total. The largest absolute Gasteiger partial charge is 0.345 e. The van der Waals surface area contributed by atoms with Crippen LogP contribution in [0.4, 0.5) is 0 Å². The third kappa shape index (κ3) is 7.29. The second-order valence-corrected chi connectivity index (χ2v) is 7.45. The number of benzene rings is 1. The molecule has 0 fully saturated rings. The lowest BCUT2D eigenvalue weighted by Gasteiger charge is -2.23. The minimum Gasteiger partial charge on any atom is -0.345 e. The Kier molecular flexibility index (Phi) is 8.80. The Morgan fingerprint density at radius 3 is 2.26 bits per heavy atom. The fourth-order valence-corrected chi connectivity index (χ4v) is 2.73. The van der Waals surface area contributed by atoms with Crippen LogP contribution in [-0.2, 0) is 20.8 Å². The maximum atomic E-state index is 12.9. The molecule has 0 saturated heterocycles. The van der Waals surface area contributed by atoms with E-state index in [0.29, 0.717) is 6.29 Å². The quantitative estimate of drug-likeness (QED) is 0.480. The molecule has 3 N–H and O–H groups in total. The van der Waals surface area contributed by atoms with Gasteiger partial charge >= 0.3 is 0 Å². The number of nitrogens with one attached hydrogen (secondary N) is 3. The van der Waals surface area contributed by atoms with Crippen LogP contribution in [0.3, 0.4) is 0 Å². The first-order chi connectivity index (χ1) is 14.8. The summed E-state index contributed by atoms with van der Waals surface area (Å²) in [5.74, 6) is -1.66. The average molecular weight is 425 g/mol. The SMILES string of the molecule is CC(NC(=O)C(Cc1ccccc1)NC(=O)c1cnccn1)C(=O)NC(C=O)C(C)C. The molecule has 1 heterocycles. The van der Waals surface area contributed by atoms with Crippen LogP contribution in [-0.4, -0.2) is 52.1 Å². The number of aldehydes is 1. The van der Waals surface area contributed by atoms with E-state index in [2.05, 4.69) is 25.9 Å². The Morgan fingerprint density at radius 2 is 1.68 bits per heavy atom. The molecule has 0 aliphatic heterocycles. The molecule has 0 bridgehead atoms. The minimum atomic E-state index is -0.945. The summed E-state index contributed by atoms with van der Waals surface area (Å²) in [4.78, 5) is 56.7. The first kappa shape index (κ1) is 23.7. The van der Waals surface area contributed by atoms with Gasteiger partial charge in [-0.1, -0.05) is 44.2 Å². The molecule has 164 valence electrons. The zero-order valence-electron chi connectivity index (χ0n) is 17.7. The van der Waals surface area contributed by atoms with E-state index in [0.717, 1.165) is 5.56 Å². The highest BCUT2D eigenvalue weighted by Gasteiger charge is 2.27. The van der Waals surface area contributed by atoms with Gasteiger partial charge in [-0.3, -0.25) is 19.4 Å². The van der Waals surface area contributed by atoms with E-state index in [4.69, 9.17) is 0 Å². The summed E-state index contributed by atoms with van der Waals surface area (Å²) < 4.78 is 0. The number of carbonyl (C=O) groups is 4. The topological polar surface area (TPSA) is 130 Å². The van der Waals surface area contributed by atoms with Gasteiger partial charge in [0.1, 0.15) is 24.1 Å². The Balaban J connectivity index is 2.10. The molecule has 0 radical (unpaired) electrons. The van der Waals surface area contributed by atoms with Crippen LogP contribution in [0, 0.1) is 5.92 Å². The second-order valence-electron chi connectivity index (χ2n) is 7.45. The van der Waals surface area contributed by atoms with Crippen LogP contribution in [0.5, 0.6) is 0 Å². The lowest BCUT2D eigenvalue weighted by molar-refractivity contribution is -0.130. The number of aromatic nitrogens is 2.